The minimum Gasteiger partial charge on any atom is -0.466 e. The summed E-state index contributed by atoms with van der Waals surface area (Å²) in [6, 6.07) is 15.7. The average Bonchev–Trinajstić information content (AvgIpc) is 2.90. The van der Waals surface area contributed by atoms with Crippen molar-refractivity contribution < 1.29 is 19.1 Å². The molecule has 0 spiro atoms. The lowest BCUT2D eigenvalue weighted by atomic mass is 9.80. The Morgan fingerprint density at radius 1 is 1.00 bits per heavy atom. The number of nitriles is 2. The van der Waals surface area contributed by atoms with Gasteiger partial charge in [-0.2, -0.15) is 10.5 Å². The van der Waals surface area contributed by atoms with Crippen molar-refractivity contribution in [1.82, 2.24) is 0 Å². The Hall–Kier alpha value is -4.49. The Bertz CT molecular complexity index is 1520. The molecule has 8 nitrogen and oxygen atoms in total. The maximum absolute atomic E-state index is 13.3. The second kappa shape index (κ2) is 11.3. The molecule has 1 unspecified atom stereocenters. The first-order valence-corrected chi connectivity index (χ1v) is 15.3. The molecule has 1 aliphatic rings. The number of halogens is 1. The first-order chi connectivity index (χ1) is 18.0. The van der Waals surface area contributed by atoms with Crippen LogP contribution in [0.4, 0.5) is 5.69 Å². The SMILES string of the molecule is COC(=O)C1=C(C(=O)OC)N(c2cc(Cl)c(C#N)cc2C#C[Si](C)(C)C)C(N)=C(C#N)C1c1ccccc1. The number of hydrogen-bond acceptors (Lipinski definition) is 8. The smallest absolute Gasteiger partial charge is 0.355 e. The van der Waals surface area contributed by atoms with Gasteiger partial charge in [0, 0.05) is 5.56 Å². The molecule has 0 saturated heterocycles. The number of benzene rings is 2. The van der Waals surface area contributed by atoms with Gasteiger partial charge in [-0.3, -0.25) is 4.90 Å². The highest BCUT2D eigenvalue weighted by Crippen LogP contribution is 2.44. The van der Waals surface area contributed by atoms with Crippen LogP contribution < -0.4 is 10.6 Å². The maximum Gasteiger partial charge on any atom is 0.355 e. The largest absolute Gasteiger partial charge is 0.466 e. The van der Waals surface area contributed by atoms with Crippen LogP contribution in [0, 0.1) is 34.1 Å². The van der Waals surface area contributed by atoms with Crippen molar-refractivity contribution in [2.24, 2.45) is 5.73 Å². The van der Waals surface area contributed by atoms with Crippen LogP contribution in [0.2, 0.25) is 24.7 Å². The van der Waals surface area contributed by atoms with Crippen LogP contribution in [0.1, 0.15) is 22.6 Å². The van der Waals surface area contributed by atoms with Crippen molar-refractivity contribution in [3.05, 3.63) is 86.8 Å². The van der Waals surface area contributed by atoms with Gasteiger partial charge in [0.15, 0.2) is 0 Å². The average molecular weight is 545 g/mol. The molecule has 2 N–H and O–H groups in total. The van der Waals surface area contributed by atoms with Gasteiger partial charge in [0.1, 0.15) is 25.7 Å². The van der Waals surface area contributed by atoms with E-state index >= 15 is 0 Å². The molecular formula is C28H25ClN4O4Si. The number of carbonyl (C=O) groups is 2. The molecule has 1 atom stereocenters. The predicted molar refractivity (Wildman–Crippen MR) is 146 cm³/mol. The molecule has 2 aromatic carbocycles. The highest BCUT2D eigenvalue weighted by molar-refractivity contribution is 6.83. The Kier molecular flexibility index (Phi) is 8.33. The summed E-state index contributed by atoms with van der Waals surface area (Å²) in [5.41, 5.74) is 10.7. The second-order valence-electron chi connectivity index (χ2n) is 9.30. The fourth-order valence-corrected chi connectivity index (χ4v) is 4.66. The molecule has 2 aromatic rings. The van der Waals surface area contributed by atoms with E-state index in [1.165, 1.54) is 24.1 Å². The maximum atomic E-state index is 13.3. The van der Waals surface area contributed by atoms with Gasteiger partial charge in [0.2, 0.25) is 0 Å². The summed E-state index contributed by atoms with van der Waals surface area (Å²) in [6.45, 7) is 6.13. The molecule has 3 rings (SSSR count). The van der Waals surface area contributed by atoms with Crippen LogP contribution in [0.3, 0.4) is 0 Å². The van der Waals surface area contributed by atoms with E-state index in [4.69, 9.17) is 26.8 Å². The molecule has 0 bridgehead atoms. The summed E-state index contributed by atoms with van der Waals surface area (Å²) < 4.78 is 10.1. The van der Waals surface area contributed by atoms with Crippen molar-refractivity contribution in [2.75, 3.05) is 19.1 Å². The summed E-state index contributed by atoms with van der Waals surface area (Å²) in [5.74, 6) is 0.223. The number of anilines is 1. The minimum absolute atomic E-state index is 0.00819. The van der Waals surface area contributed by atoms with Gasteiger partial charge in [0.05, 0.1) is 53.6 Å². The van der Waals surface area contributed by atoms with E-state index < -0.39 is 25.9 Å². The van der Waals surface area contributed by atoms with Crippen LogP contribution >= 0.6 is 11.6 Å². The van der Waals surface area contributed by atoms with Crippen LogP contribution in [0.25, 0.3) is 0 Å². The van der Waals surface area contributed by atoms with Crippen molar-refractivity contribution in [1.29, 1.82) is 10.5 Å². The number of ether oxygens (including phenoxy) is 2. The summed E-state index contributed by atoms with van der Waals surface area (Å²) >= 11 is 6.41. The molecule has 38 heavy (non-hydrogen) atoms. The molecule has 0 fully saturated rings. The molecular weight excluding hydrogens is 520 g/mol. The number of methoxy groups -OCH3 is 2. The Balaban J connectivity index is 2.52. The van der Waals surface area contributed by atoms with Gasteiger partial charge in [0.25, 0.3) is 0 Å². The molecule has 0 aliphatic carbocycles. The third kappa shape index (κ3) is 5.43. The first-order valence-electron chi connectivity index (χ1n) is 11.4. The van der Waals surface area contributed by atoms with E-state index in [1.807, 2.05) is 25.7 Å². The lowest BCUT2D eigenvalue weighted by molar-refractivity contribution is -0.139. The summed E-state index contributed by atoms with van der Waals surface area (Å²) in [6.07, 6.45) is 0. The Labute approximate surface area is 227 Å². The molecule has 1 heterocycles. The van der Waals surface area contributed by atoms with Gasteiger partial charge in [-0.05, 0) is 17.7 Å². The number of hydrogen-bond donors (Lipinski definition) is 1. The second-order valence-corrected chi connectivity index (χ2v) is 14.5. The normalized spacial score (nSPS) is 15.2. The highest BCUT2D eigenvalue weighted by Gasteiger charge is 2.43. The van der Waals surface area contributed by atoms with Gasteiger partial charge in [-0.15, -0.1) is 5.54 Å². The fraction of sp³-hybridized carbons (Fsp3) is 0.214. The molecule has 1 aliphatic heterocycles. The zero-order valence-corrected chi connectivity index (χ0v) is 23.3. The minimum atomic E-state index is -1.90. The quantitative estimate of drug-likeness (QED) is 0.342. The Morgan fingerprint density at radius 2 is 1.63 bits per heavy atom. The number of nitrogens with zero attached hydrogens (tertiary/aromatic N) is 3. The molecule has 192 valence electrons. The van der Waals surface area contributed by atoms with E-state index in [-0.39, 0.29) is 38.9 Å². The molecule has 0 amide bonds. The summed E-state index contributed by atoms with van der Waals surface area (Å²) in [5, 5.41) is 19.9. The van der Waals surface area contributed by atoms with Gasteiger partial charge >= 0.3 is 11.9 Å². The molecule has 0 radical (unpaired) electrons. The first kappa shape index (κ1) is 28.1. The molecule has 0 saturated carbocycles. The number of carbonyl (C=O) groups excluding carboxylic acids is 2. The van der Waals surface area contributed by atoms with E-state index in [0.29, 0.717) is 11.1 Å². The number of esters is 2. The van der Waals surface area contributed by atoms with E-state index in [1.54, 1.807) is 30.3 Å². The van der Waals surface area contributed by atoms with Crippen molar-refractivity contribution >= 4 is 37.3 Å². The lowest BCUT2D eigenvalue weighted by Crippen LogP contribution is -2.41. The zero-order chi connectivity index (χ0) is 28.2. The van der Waals surface area contributed by atoms with Crippen molar-refractivity contribution in [3.8, 4) is 23.6 Å². The number of nitrogens with two attached hydrogens (primary N) is 1. The number of rotatable bonds is 4. The van der Waals surface area contributed by atoms with Gasteiger partial charge < -0.3 is 15.2 Å². The Morgan fingerprint density at radius 3 is 2.16 bits per heavy atom. The third-order valence-electron chi connectivity index (χ3n) is 5.63. The van der Waals surface area contributed by atoms with Crippen LogP contribution in [0.15, 0.2) is 65.1 Å². The third-order valence-corrected chi connectivity index (χ3v) is 6.82. The molecule has 0 aromatic heterocycles. The van der Waals surface area contributed by atoms with Gasteiger partial charge in [-0.1, -0.05) is 67.5 Å². The van der Waals surface area contributed by atoms with E-state index in [9.17, 15) is 20.1 Å². The van der Waals surface area contributed by atoms with Gasteiger partial charge in [-0.25, -0.2) is 9.59 Å². The highest BCUT2D eigenvalue weighted by atomic mass is 35.5. The van der Waals surface area contributed by atoms with E-state index in [0.717, 1.165) is 7.11 Å². The van der Waals surface area contributed by atoms with Crippen LogP contribution in [-0.2, 0) is 19.1 Å². The topological polar surface area (TPSA) is 129 Å². The zero-order valence-electron chi connectivity index (χ0n) is 21.5. The van der Waals surface area contributed by atoms with E-state index in [2.05, 4.69) is 17.5 Å². The molecule has 10 heteroatoms. The van der Waals surface area contributed by atoms with Crippen molar-refractivity contribution in [3.63, 3.8) is 0 Å². The standard InChI is InChI=1S/C28H25ClN4O4Si/c1-36-27(34)24-23(17-9-7-6-8-10-17)20(16-31)26(32)33(25(24)28(35)37-2)22-14-21(29)19(15-30)13-18(22)11-12-38(3,4)5/h6-10,13-14,23H,32H2,1-5H3. The number of allylic oxidation sites excluding steroid dienone is 1. The predicted octanol–water partition coefficient (Wildman–Crippen LogP) is 4.34. The lowest BCUT2D eigenvalue weighted by Gasteiger charge is -2.36. The van der Waals surface area contributed by atoms with Crippen LogP contribution in [-0.4, -0.2) is 34.2 Å². The monoisotopic (exact) mass is 544 g/mol. The summed E-state index contributed by atoms with van der Waals surface area (Å²) in [7, 11) is 0.441. The fourth-order valence-electron chi connectivity index (χ4n) is 3.95. The van der Waals surface area contributed by atoms with Crippen molar-refractivity contribution in [2.45, 2.75) is 25.6 Å². The summed E-state index contributed by atoms with van der Waals surface area (Å²) in [4.78, 5) is 27.8. The van der Waals surface area contributed by atoms with Crippen LogP contribution in [0.5, 0.6) is 0 Å².